The van der Waals surface area contributed by atoms with E-state index >= 15 is 0 Å². The summed E-state index contributed by atoms with van der Waals surface area (Å²) in [4.78, 5) is 10.9. The Balaban J connectivity index is 2.85. The average molecular weight is 301 g/mol. The summed E-state index contributed by atoms with van der Waals surface area (Å²) in [6, 6.07) is 5.26. The van der Waals surface area contributed by atoms with Crippen LogP contribution in [0.5, 0.6) is 5.75 Å². The SMILES string of the molecule is CCC(O)(CC)COc1c(Br)cccc1C=O. The van der Waals surface area contributed by atoms with Crippen LogP contribution < -0.4 is 4.74 Å². The van der Waals surface area contributed by atoms with Crippen LogP contribution in [0.15, 0.2) is 22.7 Å². The first-order valence-corrected chi connectivity index (χ1v) is 6.44. The molecule has 1 N–H and O–H groups in total. The zero-order valence-corrected chi connectivity index (χ0v) is 11.7. The van der Waals surface area contributed by atoms with Crippen molar-refractivity contribution in [1.82, 2.24) is 0 Å². The van der Waals surface area contributed by atoms with Crippen molar-refractivity contribution in [3.63, 3.8) is 0 Å². The molecule has 1 aromatic rings. The molecule has 1 rings (SSSR count). The van der Waals surface area contributed by atoms with Gasteiger partial charge < -0.3 is 9.84 Å². The standard InChI is InChI=1S/C13H17BrO3/c1-3-13(16,4-2)9-17-12-10(8-15)6-5-7-11(12)14/h5-8,16H,3-4,9H2,1-2H3. The number of ether oxygens (including phenoxy) is 1. The van der Waals surface area contributed by atoms with E-state index in [-0.39, 0.29) is 6.61 Å². The Bertz CT molecular complexity index is 386. The molecule has 0 heterocycles. The first-order chi connectivity index (χ1) is 8.06. The molecule has 0 amide bonds. The van der Waals surface area contributed by atoms with Crippen LogP contribution in [0.2, 0.25) is 0 Å². The first kappa shape index (κ1) is 14.2. The van der Waals surface area contributed by atoms with Gasteiger partial charge in [-0.3, -0.25) is 4.79 Å². The molecule has 0 spiro atoms. The lowest BCUT2D eigenvalue weighted by Gasteiger charge is -2.25. The molecule has 17 heavy (non-hydrogen) atoms. The molecule has 0 aliphatic rings. The van der Waals surface area contributed by atoms with Gasteiger partial charge in [0.25, 0.3) is 0 Å². The highest BCUT2D eigenvalue weighted by Gasteiger charge is 2.24. The summed E-state index contributed by atoms with van der Waals surface area (Å²) in [6.45, 7) is 4.00. The summed E-state index contributed by atoms with van der Waals surface area (Å²) >= 11 is 3.33. The lowest BCUT2D eigenvalue weighted by Crippen LogP contribution is -2.34. The number of benzene rings is 1. The van der Waals surface area contributed by atoms with Crippen LogP contribution in [0.4, 0.5) is 0 Å². The number of halogens is 1. The highest BCUT2D eigenvalue weighted by Crippen LogP contribution is 2.29. The Kier molecular flexibility index (Phi) is 5.15. The molecular weight excluding hydrogens is 284 g/mol. The van der Waals surface area contributed by atoms with E-state index in [1.165, 1.54) is 0 Å². The predicted octanol–water partition coefficient (Wildman–Crippen LogP) is 3.19. The van der Waals surface area contributed by atoms with E-state index < -0.39 is 5.60 Å². The van der Waals surface area contributed by atoms with E-state index in [0.717, 1.165) is 10.8 Å². The molecule has 94 valence electrons. The molecule has 0 aliphatic heterocycles. The van der Waals surface area contributed by atoms with Gasteiger partial charge in [0.05, 0.1) is 15.6 Å². The fraction of sp³-hybridized carbons (Fsp3) is 0.462. The van der Waals surface area contributed by atoms with Gasteiger partial charge in [-0.15, -0.1) is 0 Å². The van der Waals surface area contributed by atoms with Crippen molar-refractivity contribution >= 4 is 22.2 Å². The largest absolute Gasteiger partial charge is 0.489 e. The smallest absolute Gasteiger partial charge is 0.153 e. The highest BCUT2D eigenvalue weighted by molar-refractivity contribution is 9.10. The maximum atomic E-state index is 10.9. The third-order valence-electron chi connectivity index (χ3n) is 2.93. The summed E-state index contributed by atoms with van der Waals surface area (Å²) in [5.74, 6) is 0.489. The van der Waals surface area contributed by atoms with Crippen molar-refractivity contribution < 1.29 is 14.6 Å². The lowest BCUT2D eigenvalue weighted by molar-refractivity contribution is -0.0117. The average Bonchev–Trinajstić information content (AvgIpc) is 2.36. The Morgan fingerprint density at radius 2 is 2.06 bits per heavy atom. The van der Waals surface area contributed by atoms with Crippen LogP contribution >= 0.6 is 15.9 Å². The molecule has 1 aromatic carbocycles. The second kappa shape index (κ2) is 6.17. The van der Waals surface area contributed by atoms with Gasteiger partial charge >= 0.3 is 0 Å². The van der Waals surface area contributed by atoms with Crippen LogP contribution in [0, 0.1) is 0 Å². The van der Waals surface area contributed by atoms with Crippen LogP contribution in [0.3, 0.4) is 0 Å². The quantitative estimate of drug-likeness (QED) is 0.821. The van der Waals surface area contributed by atoms with Crippen LogP contribution in [-0.2, 0) is 0 Å². The molecule has 0 unspecified atom stereocenters. The summed E-state index contributed by atoms with van der Waals surface area (Å²) in [5, 5.41) is 10.1. The Hall–Kier alpha value is -0.870. The van der Waals surface area contributed by atoms with Gasteiger partial charge in [0.15, 0.2) is 6.29 Å². The minimum Gasteiger partial charge on any atom is -0.489 e. The number of carbonyl (C=O) groups excluding carboxylic acids is 1. The van der Waals surface area contributed by atoms with E-state index in [9.17, 15) is 9.90 Å². The van der Waals surface area contributed by atoms with E-state index in [2.05, 4.69) is 15.9 Å². The molecule has 0 aromatic heterocycles. The van der Waals surface area contributed by atoms with E-state index in [4.69, 9.17) is 4.74 Å². The predicted molar refractivity (Wildman–Crippen MR) is 70.6 cm³/mol. The second-order valence-electron chi connectivity index (χ2n) is 4.00. The minimum absolute atomic E-state index is 0.184. The normalized spacial score (nSPS) is 11.3. The van der Waals surface area contributed by atoms with Crippen molar-refractivity contribution in [1.29, 1.82) is 0 Å². The Morgan fingerprint density at radius 3 is 2.59 bits per heavy atom. The Labute approximate surface area is 110 Å². The number of aldehydes is 1. The molecule has 0 fully saturated rings. The molecule has 0 aliphatic carbocycles. The van der Waals surface area contributed by atoms with Crippen LogP contribution in [0.1, 0.15) is 37.0 Å². The fourth-order valence-electron chi connectivity index (χ4n) is 1.43. The highest BCUT2D eigenvalue weighted by atomic mass is 79.9. The zero-order chi connectivity index (χ0) is 12.9. The molecule has 0 radical (unpaired) electrons. The first-order valence-electron chi connectivity index (χ1n) is 5.65. The molecular formula is C13H17BrO3. The Morgan fingerprint density at radius 1 is 1.41 bits per heavy atom. The van der Waals surface area contributed by atoms with Gasteiger partial charge in [0.1, 0.15) is 12.4 Å². The zero-order valence-electron chi connectivity index (χ0n) is 10.1. The van der Waals surface area contributed by atoms with Gasteiger partial charge in [0, 0.05) is 0 Å². The maximum Gasteiger partial charge on any atom is 0.153 e. The number of para-hydroxylation sites is 1. The molecule has 0 saturated heterocycles. The van der Waals surface area contributed by atoms with Crippen molar-refractivity contribution in [2.75, 3.05) is 6.61 Å². The summed E-state index contributed by atoms with van der Waals surface area (Å²) < 4.78 is 6.30. The van der Waals surface area contributed by atoms with Gasteiger partial charge in [-0.05, 0) is 40.9 Å². The third-order valence-corrected chi connectivity index (χ3v) is 3.55. The number of hydrogen-bond acceptors (Lipinski definition) is 3. The van der Waals surface area contributed by atoms with Gasteiger partial charge in [-0.25, -0.2) is 0 Å². The van der Waals surface area contributed by atoms with Crippen LogP contribution in [0.25, 0.3) is 0 Å². The van der Waals surface area contributed by atoms with E-state index in [1.807, 2.05) is 13.8 Å². The van der Waals surface area contributed by atoms with Crippen molar-refractivity contribution in [3.8, 4) is 5.75 Å². The number of hydrogen-bond donors (Lipinski definition) is 1. The number of aliphatic hydroxyl groups is 1. The van der Waals surface area contributed by atoms with Gasteiger partial charge in [-0.1, -0.05) is 19.9 Å². The van der Waals surface area contributed by atoms with E-state index in [1.54, 1.807) is 18.2 Å². The monoisotopic (exact) mass is 300 g/mol. The number of carbonyl (C=O) groups is 1. The summed E-state index contributed by atoms with van der Waals surface area (Å²) in [5.41, 5.74) is -0.357. The maximum absolute atomic E-state index is 10.9. The van der Waals surface area contributed by atoms with Crippen molar-refractivity contribution in [2.45, 2.75) is 32.3 Å². The van der Waals surface area contributed by atoms with Crippen molar-refractivity contribution in [3.05, 3.63) is 28.2 Å². The van der Waals surface area contributed by atoms with Gasteiger partial charge in [-0.2, -0.15) is 0 Å². The minimum atomic E-state index is -0.838. The molecule has 4 heteroatoms. The fourth-order valence-corrected chi connectivity index (χ4v) is 1.93. The molecule has 0 bridgehead atoms. The van der Waals surface area contributed by atoms with Gasteiger partial charge in [0.2, 0.25) is 0 Å². The molecule has 0 atom stereocenters. The third kappa shape index (κ3) is 3.54. The molecule has 3 nitrogen and oxygen atoms in total. The van der Waals surface area contributed by atoms with Crippen LogP contribution in [-0.4, -0.2) is 23.6 Å². The van der Waals surface area contributed by atoms with Crippen molar-refractivity contribution in [2.24, 2.45) is 0 Å². The van der Waals surface area contributed by atoms with E-state index in [0.29, 0.717) is 24.2 Å². The lowest BCUT2D eigenvalue weighted by atomic mass is 9.99. The second-order valence-corrected chi connectivity index (χ2v) is 4.85. The number of rotatable bonds is 6. The topological polar surface area (TPSA) is 46.5 Å². The molecule has 0 saturated carbocycles. The summed E-state index contributed by atoms with van der Waals surface area (Å²) in [6.07, 6.45) is 1.98. The summed E-state index contributed by atoms with van der Waals surface area (Å²) in [7, 11) is 0.